The smallest absolute Gasteiger partial charge is 0.00182 e. The topological polar surface area (TPSA) is 0 Å². The monoisotopic (exact) mass is 434 g/mol. The van der Waals surface area contributed by atoms with Crippen LogP contribution in [-0.4, -0.2) is 0 Å². The molecule has 0 N–H and O–H groups in total. The molecule has 2 atom stereocenters. The number of aryl methyl sites for hydroxylation is 1. The maximum Gasteiger partial charge on any atom is 0.00182 e. The maximum atomic E-state index is 2.63. The molecule has 1 aromatic rings. The van der Waals surface area contributed by atoms with Crippen LogP contribution in [0.1, 0.15) is 127 Å². The lowest BCUT2D eigenvalue weighted by atomic mass is 9.66. The molecule has 4 rings (SSSR count). The molecule has 0 aromatic heterocycles. The number of benzene rings is 1. The van der Waals surface area contributed by atoms with Gasteiger partial charge in [-0.15, -0.1) is 0 Å². The summed E-state index contributed by atoms with van der Waals surface area (Å²) in [5.41, 5.74) is 3.03. The van der Waals surface area contributed by atoms with Gasteiger partial charge in [-0.25, -0.2) is 0 Å². The first-order chi connectivity index (χ1) is 15.8. The van der Waals surface area contributed by atoms with Gasteiger partial charge in [0.15, 0.2) is 0 Å². The largest absolute Gasteiger partial charge is 0.0845 e. The second kappa shape index (κ2) is 12.4. The summed E-state index contributed by atoms with van der Waals surface area (Å²) in [6, 6.07) is 9.51. The Bertz CT molecular complexity index is 666. The third-order valence-corrected chi connectivity index (χ3v) is 9.54. The molecular formula is C32H50. The highest BCUT2D eigenvalue weighted by Crippen LogP contribution is 2.45. The van der Waals surface area contributed by atoms with Crippen molar-refractivity contribution in [3.63, 3.8) is 0 Å². The molecule has 0 heteroatoms. The van der Waals surface area contributed by atoms with Crippen molar-refractivity contribution < 1.29 is 0 Å². The molecule has 0 nitrogen and oxygen atoms in total. The summed E-state index contributed by atoms with van der Waals surface area (Å²) < 4.78 is 0. The van der Waals surface area contributed by atoms with Crippen LogP contribution in [0.15, 0.2) is 36.4 Å². The van der Waals surface area contributed by atoms with Crippen LogP contribution in [0.2, 0.25) is 0 Å². The van der Waals surface area contributed by atoms with Crippen molar-refractivity contribution in [1.82, 2.24) is 0 Å². The van der Waals surface area contributed by atoms with E-state index in [4.69, 9.17) is 0 Å². The highest BCUT2D eigenvalue weighted by molar-refractivity contribution is 5.29. The Labute approximate surface area is 199 Å². The van der Waals surface area contributed by atoms with Gasteiger partial charge in [0, 0.05) is 5.92 Å². The molecule has 3 aliphatic rings. The summed E-state index contributed by atoms with van der Waals surface area (Å²) >= 11 is 0. The third-order valence-electron chi connectivity index (χ3n) is 9.54. The fourth-order valence-electron chi connectivity index (χ4n) is 7.41. The Hall–Kier alpha value is -1.04. The Morgan fingerprint density at radius 1 is 0.625 bits per heavy atom. The first-order valence-corrected chi connectivity index (χ1v) is 14.5. The van der Waals surface area contributed by atoms with E-state index in [1.807, 2.05) is 0 Å². The van der Waals surface area contributed by atoms with E-state index >= 15 is 0 Å². The van der Waals surface area contributed by atoms with E-state index in [1.54, 1.807) is 25.7 Å². The first kappa shape index (κ1) is 24.1. The molecule has 0 aliphatic heterocycles. The summed E-state index contributed by atoms with van der Waals surface area (Å²) in [5.74, 6) is 5.69. The molecule has 3 aliphatic carbocycles. The van der Waals surface area contributed by atoms with Gasteiger partial charge >= 0.3 is 0 Å². The zero-order chi connectivity index (χ0) is 22.2. The number of allylic oxidation sites excluding steroid dienone is 2. The number of hydrogen-bond donors (Lipinski definition) is 0. The predicted molar refractivity (Wildman–Crippen MR) is 140 cm³/mol. The molecule has 0 spiro atoms. The fourth-order valence-corrected chi connectivity index (χ4v) is 7.41. The molecule has 0 bridgehead atoms. The van der Waals surface area contributed by atoms with Gasteiger partial charge < -0.3 is 0 Å². The van der Waals surface area contributed by atoms with Gasteiger partial charge in [-0.3, -0.25) is 0 Å². The number of unbranched alkanes of at least 4 members (excludes halogenated alkanes) is 2. The van der Waals surface area contributed by atoms with Crippen LogP contribution in [0.5, 0.6) is 0 Å². The van der Waals surface area contributed by atoms with E-state index in [0.29, 0.717) is 5.92 Å². The van der Waals surface area contributed by atoms with Crippen LogP contribution in [0.25, 0.3) is 0 Å². The minimum Gasteiger partial charge on any atom is -0.0845 e. The Morgan fingerprint density at radius 3 is 1.88 bits per heavy atom. The highest BCUT2D eigenvalue weighted by atomic mass is 14.4. The molecule has 0 heterocycles. The van der Waals surface area contributed by atoms with Gasteiger partial charge in [-0.2, -0.15) is 0 Å². The SMILES string of the molecule is CCCCCC1CCC(C2CCC(C3C=CC(c4ccc(CCC)cc4)CC3)CC2)CC1. The number of rotatable bonds is 9. The molecule has 32 heavy (non-hydrogen) atoms. The zero-order valence-corrected chi connectivity index (χ0v) is 21.2. The third kappa shape index (κ3) is 6.51. The fraction of sp³-hybridized carbons (Fsp3) is 0.750. The quantitative estimate of drug-likeness (QED) is 0.268. The van der Waals surface area contributed by atoms with Crippen LogP contribution in [0.3, 0.4) is 0 Å². The Kier molecular flexibility index (Phi) is 9.36. The standard InChI is InChI=1S/C32H50/c1-3-5-6-8-26-11-15-28(16-12-26)30-19-23-32(24-20-30)31-21-17-29(18-22-31)27-13-9-25(7-4-2)10-14-27/h9-10,13-14,17,21,26,28-32H,3-8,11-12,15-16,18-20,22-24H2,1-2H3. The van der Waals surface area contributed by atoms with Gasteiger partial charge in [-0.05, 0) is 98.5 Å². The molecule has 0 radical (unpaired) electrons. The average molecular weight is 435 g/mol. The van der Waals surface area contributed by atoms with Crippen LogP contribution in [-0.2, 0) is 6.42 Å². The van der Waals surface area contributed by atoms with Gasteiger partial charge in [0.2, 0.25) is 0 Å². The Morgan fingerprint density at radius 2 is 1.28 bits per heavy atom. The van der Waals surface area contributed by atoms with Crippen LogP contribution in [0, 0.1) is 29.6 Å². The van der Waals surface area contributed by atoms with E-state index in [2.05, 4.69) is 50.3 Å². The van der Waals surface area contributed by atoms with E-state index in [-0.39, 0.29) is 0 Å². The van der Waals surface area contributed by atoms with Crippen molar-refractivity contribution in [3.8, 4) is 0 Å². The van der Waals surface area contributed by atoms with Crippen LogP contribution < -0.4 is 0 Å². The highest BCUT2D eigenvalue weighted by Gasteiger charge is 2.33. The molecule has 2 unspecified atom stereocenters. The average Bonchev–Trinajstić information content (AvgIpc) is 2.86. The summed E-state index contributed by atoms with van der Waals surface area (Å²) in [4.78, 5) is 0. The van der Waals surface area contributed by atoms with Gasteiger partial charge in [-0.1, -0.05) is 95.2 Å². The van der Waals surface area contributed by atoms with Crippen molar-refractivity contribution in [2.75, 3.05) is 0 Å². The summed E-state index contributed by atoms with van der Waals surface area (Å²) in [5, 5.41) is 0. The zero-order valence-electron chi connectivity index (χ0n) is 21.2. The molecule has 1 aromatic carbocycles. The Balaban J connectivity index is 1.19. The van der Waals surface area contributed by atoms with Crippen molar-refractivity contribution in [3.05, 3.63) is 47.5 Å². The van der Waals surface area contributed by atoms with Crippen LogP contribution >= 0.6 is 0 Å². The van der Waals surface area contributed by atoms with E-state index < -0.39 is 0 Å². The molecule has 2 saturated carbocycles. The lowest BCUT2D eigenvalue weighted by Crippen LogP contribution is -2.28. The summed E-state index contributed by atoms with van der Waals surface area (Å²) in [6.07, 6.45) is 28.5. The van der Waals surface area contributed by atoms with Crippen molar-refractivity contribution >= 4 is 0 Å². The maximum absolute atomic E-state index is 2.63. The predicted octanol–water partition coefficient (Wildman–Crippen LogP) is 9.88. The second-order valence-corrected chi connectivity index (χ2v) is 11.7. The summed E-state index contributed by atoms with van der Waals surface area (Å²) in [6.45, 7) is 4.60. The molecular weight excluding hydrogens is 384 g/mol. The van der Waals surface area contributed by atoms with E-state index in [9.17, 15) is 0 Å². The lowest BCUT2D eigenvalue weighted by molar-refractivity contribution is 0.128. The molecule has 178 valence electrons. The first-order valence-electron chi connectivity index (χ1n) is 14.5. The van der Waals surface area contributed by atoms with Crippen molar-refractivity contribution in [2.24, 2.45) is 29.6 Å². The summed E-state index contributed by atoms with van der Waals surface area (Å²) in [7, 11) is 0. The molecule has 0 saturated heterocycles. The number of hydrogen-bond acceptors (Lipinski definition) is 0. The minimum absolute atomic E-state index is 0.658. The second-order valence-electron chi connectivity index (χ2n) is 11.7. The minimum atomic E-state index is 0.658. The van der Waals surface area contributed by atoms with Gasteiger partial charge in [0.25, 0.3) is 0 Å². The van der Waals surface area contributed by atoms with Crippen molar-refractivity contribution in [1.29, 1.82) is 0 Å². The van der Waals surface area contributed by atoms with Gasteiger partial charge in [0.1, 0.15) is 0 Å². The van der Waals surface area contributed by atoms with Gasteiger partial charge in [0.05, 0.1) is 0 Å². The van der Waals surface area contributed by atoms with E-state index in [0.717, 1.165) is 29.6 Å². The van der Waals surface area contributed by atoms with Crippen molar-refractivity contribution in [2.45, 2.75) is 122 Å². The normalized spacial score (nSPS) is 33.3. The molecule has 0 amide bonds. The molecule has 2 fully saturated rings. The van der Waals surface area contributed by atoms with Crippen LogP contribution in [0.4, 0.5) is 0 Å². The van der Waals surface area contributed by atoms with E-state index in [1.165, 1.54) is 88.2 Å². The lowest BCUT2D eigenvalue weighted by Gasteiger charge is -2.40.